The number of primary amides is 1. The molecule has 0 heterocycles. The first-order valence-electron chi connectivity index (χ1n) is 6.85. The van der Waals surface area contributed by atoms with Crippen LogP contribution >= 0.6 is 23.4 Å². The highest BCUT2D eigenvalue weighted by molar-refractivity contribution is 7.98. The first-order chi connectivity index (χ1) is 9.49. The minimum Gasteiger partial charge on any atom is -0.368 e. The van der Waals surface area contributed by atoms with Crippen molar-refractivity contribution in [2.75, 3.05) is 12.3 Å². The van der Waals surface area contributed by atoms with Crippen LogP contribution in [0.2, 0.25) is 5.02 Å². The number of carbonyl (C=O) groups is 1. The van der Waals surface area contributed by atoms with Crippen LogP contribution in [-0.4, -0.2) is 23.7 Å². The van der Waals surface area contributed by atoms with E-state index in [1.165, 1.54) is 0 Å². The Morgan fingerprint density at radius 1 is 1.45 bits per heavy atom. The van der Waals surface area contributed by atoms with Gasteiger partial charge in [0.25, 0.3) is 0 Å². The molecule has 0 fully saturated rings. The Labute approximate surface area is 130 Å². The number of likely N-dealkylation sites (N-methyl/N-ethyl adjacent to an activating group) is 1. The van der Waals surface area contributed by atoms with Gasteiger partial charge in [0.15, 0.2) is 0 Å². The zero-order chi connectivity index (χ0) is 15.0. The molecular weight excluding hydrogens is 292 g/mol. The average molecular weight is 315 g/mol. The van der Waals surface area contributed by atoms with Crippen LogP contribution in [0.4, 0.5) is 0 Å². The molecule has 20 heavy (non-hydrogen) atoms. The Kier molecular flexibility index (Phi) is 7.41. The molecule has 0 bridgehead atoms. The topological polar surface area (TPSA) is 55.1 Å². The van der Waals surface area contributed by atoms with Crippen molar-refractivity contribution >= 4 is 29.3 Å². The third-order valence-electron chi connectivity index (χ3n) is 3.29. The predicted octanol–water partition coefficient (Wildman–Crippen LogP) is 3.21. The van der Waals surface area contributed by atoms with Crippen molar-refractivity contribution in [2.45, 2.75) is 38.0 Å². The lowest BCUT2D eigenvalue weighted by Crippen LogP contribution is -2.53. The minimum atomic E-state index is -0.598. The number of nitrogens with two attached hydrogens (primary N) is 1. The molecule has 0 saturated heterocycles. The fourth-order valence-electron chi connectivity index (χ4n) is 2.01. The van der Waals surface area contributed by atoms with Gasteiger partial charge in [0.2, 0.25) is 5.91 Å². The van der Waals surface area contributed by atoms with Crippen molar-refractivity contribution in [1.29, 1.82) is 0 Å². The Morgan fingerprint density at radius 2 is 2.15 bits per heavy atom. The molecule has 5 heteroatoms. The molecule has 0 aliphatic heterocycles. The molecule has 0 radical (unpaired) electrons. The summed E-state index contributed by atoms with van der Waals surface area (Å²) >= 11 is 7.93. The highest BCUT2D eigenvalue weighted by Crippen LogP contribution is 2.22. The standard InChI is InChI=1S/C15H23ClN2OS/c1-3-18-15(2,14(17)19)9-6-10-20-11-12-7-4-5-8-13(12)16/h4-5,7-8,18H,3,6,9-11H2,1-2H3,(H2,17,19). The molecular formula is C15H23ClN2OS. The second kappa shape index (κ2) is 8.55. The quantitative estimate of drug-likeness (QED) is 0.688. The fraction of sp³-hybridized carbons (Fsp3) is 0.533. The molecule has 0 aliphatic carbocycles. The van der Waals surface area contributed by atoms with Crippen molar-refractivity contribution < 1.29 is 4.79 Å². The summed E-state index contributed by atoms with van der Waals surface area (Å²) in [6.07, 6.45) is 1.70. The van der Waals surface area contributed by atoms with Crippen LogP contribution in [0.15, 0.2) is 24.3 Å². The maximum Gasteiger partial charge on any atom is 0.237 e. The largest absolute Gasteiger partial charge is 0.368 e. The fourth-order valence-corrected chi connectivity index (χ4v) is 3.26. The van der Waals surface area contributed by atoms with Crippen molar-refractivity contribution in [1.82, 2.24) is 5.32 Å². The van der Waals surface area contributed by atoms with Crippen molar-refractivity contribution in [3.05, 3.63) is 34.9 Å². The van der Waals surface area contributed by atoms with Gasteiger partial charge in [-0.3, -0.25) is 4.79 Å². The molecule has 0 aliphatic rings. The van der Waals surface area contributed by atoms with E-state index in [2.05, 4.69) is 5.32 Å². The lowest BCUT2D eigenvalue weighted by molar-refractivity contribution is -0.124. The number of thioether (sulfide) groups is 1. The van der Waals surface area contributed by atoms with Crippen LogP contribution in [0.5, 0.6) is 0 Å². The van der Waals surface area contributed by atoms with Crippen molar-refractivity contribution in [3.8, 4) is 0 Å². The second-order valence-electron chi connectivity index (χ2n) is 4.97. The van der Waals surface area contributed by atoms with Crippen LogP contribution in [-0.2, 0) is 10.5 Å². The normalized spacial score (nSPS) is 13.9. The summed E-state index contributed by atoms with van der Waals surface area (Å²) in [5, 5.41) is 3.99. The molecule has 1 amide bonds. The van der Waals surface area contributed by atoms with Gasteiger partial charge in [-0.2, -0.15) is 11.8 Å². The zero-order valence-corrected chi connectivity index (χ0v) is 13.7. The molecule has 1 rings (SSSR count). The third kappa shape index (κ3) is 5.35. The SMILES string of the molecule is CCNC(C)(CCCSCc1ccccc1Cl)C(N)=O. The first-order valence-corrected chi connectivity index (χ1v) is 8.39. The summed E-state index contributed by atoms with van der Waals surface area (Å²) in [6, 6.07) is 7.89. The summed E-state index contributed by atoms with van der Waals surface area (Å²) in [5.41, 5.74) is 6.02. The van der Waals surface area contributed by atoms with E-state index in [-0.39, 0.29) is 5.91 Å². The van der Waals surface area contributed by atoms with E-state index in [0.29, 0.717) is 0 Å². The summed E-state index contributed by atoms with van der Waals surface area (Å²) < 4.78 is 0. The molecule has 0 aromatic heterocycles. The van der Waals surface area contributed by atoms with Gasteiger partial charge < -0.3 is 11.1 Å². The number of hydrogen-bond acceptors (Lipinski definition) is 3. The van der Waals surface area contributed by atoms with Gasteiger partial charge >= 0.3 is 0 Å². The minimum absolute atomic E-state index is 0.282. The molecule has 0 spiro atoms. The third-order valence-corrected chi connectivity index (χ3v) is 4.75. The lowest BCUT2D eigenvalue weighted by atomic mass is 9.95. The van der Waals surface area contributed by atoms with Gasteiger partial charge in [-0.15, -0.1) is 0 Å². The van der Waals surface area contributed by atoms with Gasteiger partial charge in [0.1, 0.15) is 0 Å². The monoisotopic (exact) mass is 314 g/mol. The van der Waals surface area contributed by atoms with Gasteiger partial charge in [-0.1, -0.05) is 36.7 Å². The molecule has 3 nitrogen and oxygen atoms in total. The average Bonchev–Trinajstić information content (AvgIpc) is 2.40. The van der Waals surface area contributed by atoms with E-state index in [4.69, 9.17) is 17.3 Å². The number of amides is 1. The van der Waals surface area contributed by atoms with Gasteiger partial charge in [-0.05, 0) is 43.7 Å². The van der Waals surface area contributed by atoms with Crippen LogP contribution in [0.25, 0.3) is 0 Å². The highest BCUT2D eigenvalue weighted by Gasteiger charge is 2.28. The Morgan fingerprint density at radius 3 is 2.75 bits per heavy atom. The van der Waals surface area contributed by atoms with Crippen LogP contribution in [0, 0.1) is 0 Å². The van der Waals surface area contributed by atoms with E-state index in [1.807, 2.05) is 49.9 Å². The number of hydrogen-bond donors (Lipinski definition) is 2. The van der Waals surface area contributed by atoms with Crippen LogP contribution in [0.1, 0.15) is 32.3 Å². The van der Waals surface area contributed by atoms with E-state index < -0.39 is 5.54 Å². The first kappa shape index (κ1) is 17.3. The van der Waals surface area contributed by atoms with Gasteiger partial charge in [0, 0.05) is 10.8 Å². The molecule has 1 aromatic carbocycles. The van der Waals surface area contributed by atoms with E-state index >= 15 is 0 Å². The Bertz CT molecular complexity index is 442. The molecule has 1 atom stereocenters. The summed E-state index contributed by atoms with van der Waals surface area (Å²) in [5.74, 6) is 1.60. The summed E-state index contributed by atoms with van der Waals surface area (Å²) in [4.78, 5) is 11.5. The smallest absolute Gasteiger partial charge is 0.237 e. The number of carbonyl (C=O) groups excluding carboxylic acids is 1. The number of rotatable bonds is 9. The van der Waals surface area contributed by atoms with Crippen molar-refractivity contribution in [3.63, 3.8) is 0 Å². The van der Waals surface area contributed by atoms with Crippen LogP contribution in [0.3, 0.4) is 0 Å². The van der Waals surface area contributed by atoms with Gasteiger partial charge in [-0.25, -0.2) is 0 Å². The molecule has 112 valence electrons. The van der Waals surface area contributed by atoms with E-state index in [1.54, 1.807) is 0 Å². The maximum absolute atomic E-state index is 11.5. The zero-order valence-electron chi connectivity index (χ0n) is 12.1. The predicted molar refractivity (Wildman–Crippen MR) is 88.1 cm³/mol. The maximum atomic E-state index is 11.5. The van der Waals surface area contributed by atoms with Crippen molar-refractivity contribution in [2.24, 2.45) is 5.73 Å². The lowest BCUT2D eigenvalue weighted by Gasteiger charge is -2.26. The Balaban J connectivity index is 2.31. The van der Waals surface area contributed by atoms with Gasteiger partial charge in [0.05, 0.1) is 5.54 Å². The highest BCUT2D eigenvalue weighted by atomic mass is 35.5. The van der Waals surface area contributed by atoms with E-state index in [9.17, 15) is 4.79 Å². The summed E-state index contributed by atoms with van der Waals surface area (Å²) in [6.45, 7) is 4.59. The van der Waals surface area contributed by atoms with Crippen LogP contribution < -0.4 is 11.1 Å². The second-order valence-corrected chi connectivity index (χ2v) is 6.49. The molecule has 3 N–H and O–H groups in total. The number of nitrogens with one attached hydrogen (secondary N) is 1. The number of halogens is 1. The molecule has 1 aromatic rings. The molecule has 0 saturated carbocycles. The summed E-state index contributed by atoms with van der Waals surface area (Å²) in [7, 11) is 0. The van der Waals surface area contributed by atoms with E-state index in [0.717, 1.165) is 41.5 Å². The Hall–Kier alpha value is -0.710. The number of benzene rings is 1. The molecule has 1 unspecified atom stereocenters.